The Bertz CT molecular complexity index is 1300. The van der Waals surface area contributed by atoms with Crippen LogP contribution < -0.4 is 10.8 Å². The van der Waals surface area contributed by atoms with Gasteiger partial charge in [0.05, 0.1) is 52.2 Å². The molecule has 0 saturated carbocycles. The van der Waals surface area contributed by atoms with Gasteiger partial charge in [0, 0.05) is 11.9 Å². The first-order valence-electron chi connectivity index (χ1n) is 9.05. The number of aromatic amines is 1. The van der Waals surface area contributed by atoms with Gasteiger partial charge in [-0.3, -0.25) is 19.6 Å². The van der Waals surface area contributed by atoms with Crippen molar-refractivity contribution in [2.24, 2.45) is 4.99 Å². The lowest BCUT2D eigenvalue weighted by atomic mass is 9.99. The molecule has 1 heterocycles. The number of hydrogen-bond acceptors (Lipinski definition) is 6. The van der Waals surface area contributed by atoms with Crippen molar-refractivity contribution in [3.8, 4) is 11.5 Å². The maximum Gasteiger partial charge on any atom is 0.189 e. The van der Waals surface area contributed by atoms with E-state index in [1.807, 2.05) is 25.1 Å². The molecule has 0 radical (unpaired) electrons. The lowest BCUT2D eigenvalue weighted by Gasteiger charge is -2.09. The number of nitrogens with zero attached hydrogens (tertiary/aromatic N) is 3. The molecule has 0 amide bonds. The van der Waals surface area contributed by atoms with Crippen LogP contribution in [0.4, 0.5) is 0 Å². The number of fused-ring (bicyclic) bond motifs is 2. The van der Waals surface area contributed by atoms with Crippen LogP contribution in [0.2, 0.25) is 0 Å². The zero-order valence-corrected chi connectivity index (χ0v) is 15.7. The molecule has 8 nitrogen and oxygen atoms in total. The van der Waals surface area contributed by atoms with Crippen LogP contribution in [-0.2, 0) is 6.54 Å². The standard InChI is InChI=1S/C20H22N4O4/c1-23(2)8-7-21-11-3-4-12-16-15(11)20(28)18-14(27)6-5-13(26)17(18)19(16)22-24(12)9-10-25/h3-6,22,25,27-28H,7-10H2,1-2H3. The average Bonchev–Trinajstić information content (AvgIpc) is 3.01. The summed E-state index contributed by atoms with van der Waals surface area (Å²) in [4.78, 5) is 19.2. The van der Waals surface area contributed by atoms with Crippen molar-refractivity contribution in [1.82, 2.24) is 14.7 Å². The summed E-state index contributed by atoms with van der Waals surface area (Å²) in [5.41, 5.74) is 0.946. The van der Waals surface area contributed by atoms with E-state index in [4.69, 9.17) is 0 Å². The van der Waals surface area contributed by atoms with Crippen LogP contribution in [0, 0.1) is 0 Å². The first-order valence-corrected chi connectivity index (χ1v) is 9.05. The number of aliphatic hydroxyl groups is 1. The molecule has 0 spiro atoms. The fourth-order valence-electron chi connectivity index (χ4n) is 3.69. The molecule has 0 aliphatic carbocycles. The largest absolute Gasteiger partial charge is 0.507 e. The topological polar surface area (TPSA) is 114 Å². The second-order valence-corrected chi connectivity index (χ2v) is 7.08. The highest BCUT2D eigenvalue weighted by atomic mass is 16.3. The minimum atomic E-state index is -0.306. The fourth-order valence-corrected chi connectivity index (χ4v) is 3.69. The number of aromatic nitrogens is 2. The number of aromatic hydroxyl groups is 2. The van der Waals surface area contributed by atoms with Crippen molar-refractivity contribution in [1.29, 1.82) is 0 Å². The Morgan fingerprint density at radius 1 is 1.07 bits per heavy atom. The summed E-state index contributed by atoms with van der Waals surface area (Å²) in [6.45, 7) is 1.50. The van der Waals surface area contributed by atoms with Crippen molar-refractivity contribution in [3.63, 3.8) is 0 Å². The van der Waals surface area contributed by atoms with Gasteiger partial charge in [-0.1, -0.05) is 0 Å². The number of likely N-dealkylation sites (N-methyl/N-ethyl adjacent to an activating group) is 1. The van der Waals surface area contributed by atoms with Gasteiger partial charge in [0.25, 0.3) is 0 Å². The third-order valence-corrected chi connectivity index (χ3v) is 4.97. The van der Waals surface area contributed by atoms with Crippen LogP contribution >= 0.6 is 0 Å². The Hall–Kier alpha value is -3.10. The summed E-state index contributed by atoms with van der Waals surface area (Å²) in [6.07, 6.45) is 0. The van der Waals surface area contributed by atoms with Crippen LogP contribution in [0.1, 0.15) is 0 Å². The van der Waals surface area contributed by atoms with Gasteiger partial charge in [0.2, 0.25) is 0 Å². The molecule has 0 unspecified atom stereocenters. The first kappa shape index (κ1) is 18.3. The summed E-state index contributed by atoms with van der Waals surface area (Å²) in [7, 11) is 3.91. The molecular formula is C20H22N4O4. The maximum absolute atomic E-state index is 12.6. The minimum absolute atomic E-state index is 0.0865. The molecule has 8 heteroatoms. The van der Waals surface area contributed by atoms with E-state index in [-0.39, 0.29) is 34.3 Å². The summed E-state index contributed by atoms with van der Waals surface area (Å²) in [5.74, 6) is -0.334. The van der Waals surface area contributed by atoms with E-state index in [0.717, 1.165) is 12.1 Å². The monoisotopic (exact) mass is 382 g/mol. The number of phenolic OH excluding ortho intramolecular Hbond substituents is 2. The molecule has 4 N–H and O–H groups in total. The minimum Gasteiger partial charge on any atom is -0.507 e. The second kappa shape index (κ2) is 6.81. The van der Waals surface area contributed by atoms with Crippen LogP contribution in [0.25, 0.3) is 32.6 Å². The summed E-state index contributed by atoms with van der Waals surface area (Å²) < 4.78 is 1.73. The molecule has 0 fully saturated rings. The van der Waals surface area contributed by atoms with Gasteiger partial charge in [-0.2, -0.15) is 0 Å². The maximum atomic E-state index is 12.6. The summed E-state index contributed by atoms with van der Waals surface area (Å²) in [5, 5.41) is 36.0. The van der Waals surface area contributed by atoms with Crippen molar-refractivity contribution in [2.75, 3.05) is 33.8 Å². The highest BCUT2D eigenvalue weighted by Gasteiger charge is 2.21. The van der Waals surface area contributed by atoms with Gasteiger partial charge in [-0.15, -0.1) is 0 Å². The lowest BCUT2D eigenvalue weighted by Crippen LogP contribution is -2.17. The molecule has 28 heavy (non-hydrogen) atoms. The molecule has 146 valence electrons. The molecule has 0 aliphatic heterocycles. The molecule has 3 aromatic carbocycles. The highest BCUT2D eigenvalue weighted by Crippen LogP contribution is 2.41. The number of H-pyrrole nitrogens is 1. The van der Waals surface area contributed by atoms with E-state index in [0.29, 0.717) is 34.7 Å². The molecule has 0 saturated heterocycles. The molecule has 4 rings (SSSR count). The Morgan fingerprint density at radius 2 is 1.86 bits per heavy atom. The third kappa shape index (κ3) is 2.69. The van der Waals surface area contributed by atoms with E-state index in [1.165, 1.54) is 12.1 Å². The van der Waals surface area contributed by atoms with E-state index in [1.54, 1.807) is 10.7 Å². The zero-order valence-electron chi connectivity index (χ0n) is 15.7. The van der Waals surface area contributed by atoms with Crippen molar-refractivity contribution in [3.05, 3.63) is 39.8 Å². The third-order valence-electron chi connectivity index (χ3n) is 4.97. The zero-order chi connectivity index (χ0) is 20.0. The van der Waals surface area contributed by atoms with E-state index < -0.39 is 0 Å². The summed E-state index contributed by atoms with van der Waals surface area (Å²) >= 11 is 0. The molecule has 0 aliphatic rings. The molecule has 4 aromatic rings. The first-order chi connectivity index (χ1) is 13.4. The van der Waals surface area contributed by atoms with Crippen LogP contribution in [0.5, 0.6) is 11.5 Å². The van der Waals surface area contributed by atoms with Crippen molar-refractivity contribution < 1.29 is 15.3 Å². The van der Waals surface area contributed by atoms with Gasteiger partial charge in [0.1, 0.15) is 11.5 Å². The van der Waals surface area contributed by atoms with Gasteiger partial charge in [0.15, 0.2) is 5.43 Å². The van der Waals surface area contributed by atoms with Crippen LogP contribution in [-0.4, -0.2) is 63.8 Å². The lowest BCUT2D eigenvalue weighted by molar-refractivity contribution is 0.272. The SMILES string of the molecule is CN(C)CCN=c1ccc2c3c1c(O)c1c(O)ccc(=O)c1c3[nH]n2CCO. The number of nitrogens with one attached hydrogen (secondary N) is 1. The Labute approximate surface area is 159 Å². The van der Waals surface area contributed by atoms with E-state index in [9.17, 15) is 20.1 Å². The number of phenols is 2. The fraction of sp³-hybridized carbons (Fsp3) is 0.300. The van der Waals surface area contributed by atoms with Gasteiger partial charge in [-0.25, -0.2) is 0 Å². The molecule has 0 atom stereocenters. The molecule has 0 bridgehead atoms. The second-order valence-electron chi connectivity index (χ2n) is 7.08. The Kier molecular flexibility index (Phi) is 4.44. The number of rotatable bonds is 5. The molecule has 1 aromatic heterocycles. The van der Waals surface area contributed by atoms with Gasteiger partial charge >= 0.3 is 0 Å². The Balaban J connectivity index is 2.20. The average molecular weight is 382 g/mol. The molecular weight excluding hydrogens is 360 g/mol. The smallest absolute Gasteiger partial charge is 0.189 e. The number of aliphatic hydroxyl groups excluding tert-OH is 1. The highest BCUT2D eigenvalue weighted by molar-refractivity contribution is 6.23. The quantitative estimate of drug-likeness (QED) is 0.384. The van der Waals surface area contributed by atoms with Crippen LogP contribution in [0.3, 0.4) is 0 Å². The number of benzene rings is 3. The van der Waals surface area contributed by atoms with Crippen molar-refractivity contribution in [2.45, 2.75) is 6.54 Å². The van der Waals surface area contributed by atoms with Crippen molar-refractivity contribution >= 4 is 32.6 Å². The Morgan fingerprint density at radius 3 is 2.57 bits per heavy atom. The van der Waals surface area contributed by atoms with Gasteiger partial charge < -0.3 is 20.2 Å². The summed E-state index contributed by atoms with van der Waals surface area (Å²) in [6, 6.07) is 6.23. The predicted octanol–water partition coefficient (Wildman–Crippen LogP) is 0.940. The van der Waals surface area contributed by atoms with E-state index in [2.05, 4.69) is 10.1 Å². The normalized spacial score (nSPS) is 12.9. The van der Waals surface area contributed by atoms with E-state index >= 15 is 0 Å². The predicted molar refractivity (Wildman–Crippen MR) is 108 cm³/mol. The number of hydrogen-bond donors (Lipinski definition) is 4. The van der Waals surface area contributed by atoms with Gasteiger partial charge in [-0.05, 0) is 38.4 Å². The van der Waals surface area contributed by atoms with Crippen LogP contribution in [0.15, 0.2) is 34.1 Å².